The van der Waals surface area contributed by atoms with Crippen LogP contribution >= 0.6 is 0 Å². The van der Waals surface area contributed by atoms with Gasteiger partial charge in [-0.15, -0.1) is 0 Å². The van der Waals surface area contributed by atoms with Gasteiger partial charge in [-0.3, -0.25) is 0 Å². The van der Waals surface area contributed by atoms with Crippen LogP contribution in [0, 0.1) is 11.8 Å². The fourth-order valence-electron chi connectivity index (χ4n) is 2.28. The molecular formula is C16H27NO2. The summed E-state index contributed by atoms with van der Waals surface area (Å²) in [6.45, 7) is 6.83. The van der Waals surface area contributed by atoms with Crippen LogP contribution in [0.3, 0.4) is 0 Å². The van der Waals surface area contributed by atoms with E-state index >= 15 is 0 Å². The molecule has 0 saturated carbocycles. The fraction of sp³-hybridized carbons (Fsp3) is 0.625. The van der Waals surface area contributed by atoms with E-state index in [-0.39, 0.29) is 0 Å². The van der Waals surface area contributed by atoms with E-state index in [2.05, 4.69) is 38.2 Å². The lowest BCUT2D eigenvalue weighted by atomic mass is 9.86. The Hall–Kier alpha value is -1.22. The predicted octanol–water partition coefficient (Wildman–Crippen LogP) is 3.13. The lowest BCUT2D eigenvalue weighted by molar-refractivity contribution is 0.309. The molecule has 1 aromatic rings. The Morgan fingerprint density at radius 2 is 1.68 bits per heavy atom. The first-order chi connectivity index (χ1) is 9.03. The third kappa shape index (κ3) is 4.13. The van der Waals surface area contributed by atoms with Crippen LogP contribution in [0.25, 0.3) is 0 Å². The van der Waals surface area contributed by atoms with Crippen LogP contribution in [-0.2, 0) is 6.42 Å². The van der Waals surface area contributed by atoms with Gasteiger partial charge in [-0.25, -0.2) is 0 Å². The summed E-state index contributed by atoms with van der Waals surface area (Å²) < 4.78 is 10.6. The Morgan fingerprint density at radius 1 is 1.05 bits per heavy atom. The van der Waals surface area contributed by atoms with Crippen molar-refractivity contribution in [2.24, 2.45) is 11.8 Å². The number of ether oxygens (including phenoxy) is 2. The summed E-state index contributed by atoms with van der Waals surface area (Å²) in [7, 11) is 5.37. The average molecular weight is 265 g/mol. The van der Waals surface area contributed by atoms with E-state index in [1.807, 2.05) is 13.1 Å². The summed E-state index contributed by atoms with van der Waals surface area (Å²) in [5, 5.41) is 3.43. The summed E-state index contributed by atoms with van der Waals surface area (Å²) >= 11 is 0. The van der Waals surface area contributed by atoms with Gasteiger partial charge < -0.3 is 14.8 Å². The van der Waals surface area contributed by atoms with E-state index in [0.29, 0.717) is 17.9 Å². The second kappa shape index (κ2) is 7.39. The third-order valence-corrected chi connectivity index (χ3v) is 3.96. The maximum Gasteiger partial charge on any atom is 0.160 e. The average Bonchev–Trinajstić information content (AvgIpc) is 2.43. The zero-order valence-electron chi connectivity index (χ0n) is 13.0. The molecule has 0 fully saturated rings. The van der Waals surface area contributed by atoms with Crippen LogP contribution in [0.15, 0.2) is 18.2 Å². The highest BCUT2D eigenvalue weighted by molar-refractivity contribution is 5.43. The maximum absolute atomic E-state index is 5.35. The van der Waals surface area contributed by atoms with Crippen LogP contribution < -0.4 is 14.8 Å². The van der Waals surface area contributed by atoms with E-state index in [4.69, 9.17) is 9.47 Å². The molecule has 0 aliphatic rings. The summed E-state index contributed by atoms with van der Waals surface area (Å²) in [5.41, 5.74) is 1.27. The van der Waals surface area contributed by atoms with E-state index in [0.717, 1.165) is 17.9 Å². The van der Waals surface area contributed by atoms with Crippen molar-refractivity contribution in [3.63, 3.8) is 0 Å². The van der Waals surface area contributed by atoms with E-state index in [1.54, 1.807) is 14.2 Å². The van der Waals surface area contributed by atoms with Crippen LogP contribution in [-0.4, -0.2) is 27.3 Å². The summed E-state index contributed by atoms with van der Waals surface area (Å²) in [6.07, 6.45) is 0.996. The molecule has 2 atom stereocenters. The van der Waals surface area contributed by atoms with Crippen LogP contribution in [0.2, 0.25) is 0 Å². The molecular weight excluding hydrogens is 238 g/mol. The monoisotopic (exact) mass is 265 g/mol. The third-order valence-electron chi connectivity index (χ3n) is 3.96. The van der Waals surface area contributed by atoms with Gasteiger partial charge in [0, 0.05) is 6.04 Å². The normalized spacial score (nSPS) is 14.3. The molecule has 3 nitrogen and oxygen atoms in total. The Morgan fingerprint density at radius 3 is 2.16 bits per heavy atom. The van der Waals surface area contributed by atoms with E-state index in [1.165, 1.54) is 5.56 Å². The van der Waals surface area contributed by atoms with Crippen molar-refractivity contribution in [3.8, 4) is 11.5 Å². The quantitative estimate of drug-likeness (QED) is 0.821. The summed E-state index contributed by atoms with van der Waals surface area (Å²) in [6, 6.07) is 6.62. The molecule has 0 aromatic heterocycles. The van der Waals surface area contributed by atoms with Crippen LogP contribution in [0.1, 0.15) is 26.3 Å². The van der Waals surface area contributed by atoms with Crippen molar-refractivity contribution in [3.05, 3.63) is 23.8 Å². The topological polar surface area (TPSA) is 30.5 Å². The zero-order valence-corrected chi connectivity index (χ0v) is 13.0. The Kier molecular flexibility index (Phi) is 6.16. The smallest absolute Gasteiger partial charge is 0.160 e. The molecule has 19 heavy (non-hydrogen) atoms. The molecule has 0 aliphatic carbocycles. The van der Waals surface area contributed by atoms with Gasteiger partial charge in [0.05, 0.1) is 14.2 Å². The number of hydrogen-bond donors (Lipinski definition) is 1. The standard InChI is InChI=1S/C16H27NO2/c1-11(2)12(3)14(17-4)9-13-7-8-15(18-5)16(10-13)19-6/h7-8,10-12,14,17H,9H2,1-6H3. The number of hydrogen-bond acceptors (Lipinski definition) is 3. The summed E-state index contributed by atoms with van der Waals surface area (Å²) in [5.74, 6) is 2.87. The van der Waals surface area contributed by atoms with Gasteiger partial charge in [-0.2, -0.15) is 0 Å². The first-order valence-electron chi connectivity index (χ1n) is 6.91. The lowest BCUT2D eigenvalue weighted by Gasteiger charge is -2.27. The van der Waals surface area contributed by atoms with Gasteiger partial charge >= 0.3 is 0 Å². The molecule has 108 valence electrons. The number of rotatable bonds is 7. The molecule has 0 bridgehead atoms. The van der Waals surface area contributed by atoms with Gasteiger partial charge in [0.25, 0.3) is 0 Å². The molecule has 3 heteroatoms. The van der Waals surface area contributed by atoms with Crippen molar-refractivity contribution in [2.45, 2.75) is 33.2 Å². The second-order valence-electron chi connectivity index (χ2n) is 5.39. The number of nitrogens with one attached hydrogen (secondary N) is 1. The minimum Gasteiger partial charge on any atom is -0.493 e. The zero-order chi connectivity index (χ0) is 14.4. The van der Waals surface area contributed by atoms with Crippen LogP contribution in [0.4, 0.5) is 0 Å². The molecule has 1 N–H and O–H groups in total. The maximum atomic E-state index is 5.35. The lowest BCUT2D eigenvalue weighted by Crippen LogP contribution is -2.36. The molecule has 0 heterocycles. The number of likely N-dealkylation sites (N-methyl/N-ethyl adjacent to an activating group) is 1. The first kappa shape index (κ1) is 15.8. The van der Waals surface area contributed by atoms with Crippen molar-refractivity contribution < 1.29 is 9.47 Å². The van der Waals surface area contributed by atoms with Gasteiger partial charge in [0.15, 0.2) is 11.5 Å². The molecule has 0 amide bonds. The Balaban J connectivity index is 2.86. The van der Waals surface area contributed by atoms with Crippen molar-refractivity contribution in [1.29, 1.82) is 0 Å². The van der Waals surface area contributed by atoms with Crippen molar-refractivity contribution in [2.75, 3.05) is 21.3 Å². The SMILES string of the molecule is CNC(Cc1ccc(OC)c(OC)c1)C(C)C(C)C. The molecule has 2 unspecified atom stereocenters. The predicted molar refractivity (Wildman–Crippen MR) is 80.1 cm³/mol. The Bertz CT molecular complexity index is 390. The van der Waals surface area contributed by atoms with Gasteiger partial charge in [-0.05, 0) is 43.0 Å². The first-order valence-corrected chi connectivity index (χ1v) is 6.91. The second-order valence-corrected chi connectivity index (χ2v) is 5.39. The molecule has 1 aromatic carbocycles. The van der Waals surface area contributed by atoms with Gasteiger partial charge in [-0.1, -0.05) is 26.8 Å². The number of benzene rings is 1. The Labute approximate surface area is 117 Å². The molecule has 0 aliphatic heterocycles. The van der Waals surface area contributed by atoms with Crippen molar-refractivity contribution >= 4 is 0 Å². The largest absolute Gasteiger partial charge is 0.493 e. The van der Waals surface area contributed by atoms with Crippen molar-refractivity contribution in [1.82, 2.24) is 5.32 Å². The summed E-state index contributed by atoms with van der Waals surface area (Å²) in [4.78, 5) is 0. The molecule has 0 spiro atoms. The fourth-order valence-corrected chi connectivity index (χ4v) is 2.28. The van der Waals surface area contributed by atoms with Gasteiger partial charge in [0.2, 0.25) is 0 Å². The van der Waals surface area contributed by atoms with Gasteiger partial charge in [0.1, 0.15) is 0 Å². The van der Waals surface area contributed by atoms with Crippen LogP contribution in [0.5, 0.6) is 11.5 Å². The highest BCUT2D eigenvalue weighted by Crippen LogP contribution is 2.29. The highest BCUT2D eigenvalue weighted by Gasteiger charge is 2.19. The molecule has 0 saturated heterocycles. The minimum atomic E-state index is 0.470. The van der Waals surface area contributed by atoms with E-state index in [9.17, 15) is 0 Å². The minimum absolute atomic E-state index is 0.470. The number of methoxy groups -OCH3 is 2. The molecule has 0 radical (unpaired) electrons. The molecule has 1 rings (SSSR count). The highest BCUT2D eigenvalue weighted by atomic mass is 16.5. The van der Waals surface area contributed by atoms with E-state index < -0.39 is 0 Å².